The molecule has 3 unspecified atom stereocenters. The van der Waals surface area contributed by atoms with Crippen LogP contribution in [0, 0.1) is 5.92 Å². The third-order valence-electron chi connectivity index (χ3n) is 4.72. The van der Waals surface area contributed by atoms with Gasteiger partial charge in [0.25, 0.3) is 0 Å². The number of hydrogen-bond donors (Lipinski definition) is 2. The smallest absolute Gasteiger partial charge is 0.237 e. The zero-order chi connectivity index (χ0) is 13.8. The number of hydrogen-bond acceptors (Lipinski definition) is 3. The number of piperidine rings is 1. The molecule has 4 nitrogen and oxygen atoms in total. The summed E-state index contributed by atoms with van der Waals surface area (Å²) in [5.41, 5.74) is 0. The van der Waals surface area contributed by atoms with Gasteiger partial charge in [-0.3, -0.25) is 4.79 Å². The van der Waals surface area contributed by atoms with E-state index in [1.54, 1.807) is 6.26 Å². The van der Waals surface area contributed by atoms with Crippen LogP contribution in [0.1, 0.15) is 44.3 Å². The molecule has 1 aliphatic heterocycles. The van der Waals surface area contributed by atoms with Crippen LogP contribution >= 0.6 is 0 Å². The normalized spacial score (nSPS) is 29.7. The molecule has 2 fully saturated rings. The summed E-state index contributed by atoms with van der Waals surface area (Å²) in [5.74, 6) is 1.88. The molecule has 3 atom stereocenters. The average Bonchev–Trinajstić information content (AvgIpc) is 3.00. The van der Waals surface area contributed by atoms with Crippen LogP contribution in [0.4, 0.5) is 0 Å². The summed E-state index contributed by atoms with van der Waals surface area (Å²) in [4.78, 5) is 12.2. The lowest BCUT2D eigenvalue weighted by molar-refractivity contribution is -0.124. The number of furan rings is 1. The highest BCUT2D eigenvalue weighted by Crippen LogP contribution is 2.32. The van der Waals surface area contributed by atoms with E-state index >= 15 is 0 Å². The first-order valence-electron chi connectivity index (χ1n) is 7.89. The Kier molecular flexibility index (Phi) is 4.41. The highest BCUT2D eigenvalue weighted by Gasteiger charge is 2.34. The molecule has 3 rings (SSSR count). The highest BCUT2D eigenvalue weighted by atomic mass is 16.3. The molecule has 1 aromatic heterocycles. The monoisotopic (exact) mass is 276 g/mol. The van der Waals surface area contributed by atoms with Crippen LogP contribution in [0.2, 0.25) is 0 Å². The maximum absolute atomic E-state index is 12.2. The zero-order valence-corrected chi connectivity index (χ0v) is 11.9. The first-order valence-corrected chi connectivity index (χ1v) is 7.89. The third-order valence-corrected chi connectivity index (χ3v) is 4.72. The molecule has 1 saturated carbocycles. The summed E-state index contributed by atoms with van der Waals surface area (Å²) in [6, 6.07) is 4.39. The maximum atomic E-state index is 12.2. The van der Waals surface area contributed by atoms with Gasteiger partial charge in [-0.05, 0) is 43.7 Å². The first kappa shape index (κ1) is 13.7. The molecular formula is C16H24N2O2. The Morgan fingerprint density at radius 1 is 1.30 bits per heavy atom. The second kappa shape index (κ2) is 6.44. The molecule has 0 aromatic carbocycles. The quantitative estimate of drug-likeness (QED) is 0.887. The van der Waals surface area contributed by atoms with Gasteiger partial charge in [-0.25, -0.2) is 0 Å². The summed E-state index contributed by atoms with van der Waals surface area (Å²) in [6.45, 7) is 0.651. The Bertz CT molecular complexity index is 430. The Hall–Kier alpha value is -1.29. The molecule has 110 valence electrons. The molecule has 2 heterocycles. The van der Waals surface area contributed by atoms with E-state index in [4.69, 9.17) is 4.42 Å². The molecule has 0 radical (unpaired) electrons. The number of nitrogens with one attached hydrogen (secondary N) is 2. The molecule has 1 aromatic rings. The molecule has 2 N–H and O–H groups in total. The Morgan fingerprint density at radius 2 is 2.20 bits per heavy atom. The number of amides is 1. The standard InChI is InChI=1S/C16H24N2O2/c19-16(17-10-9-13-5-3-11-20-13)15-8-7-12-4-1-2-6-14(12)18-15/h3,5,11-12,14-15,18H,1-2,4,6-10H2,(H,17,19). The fourth-order valence-corrected chi connectivity index (χ4v) is 3.59. The number of rotatable bonds is 4. The maximum Gasteiger partial charge on any atom is 0.237 e. The van der Waals surface area contributed by atoms with Crippen molar-refractivity contribution in [3.05, 3.63) is 24.2 Å². The van der Waals surface area contributed by atoms with Crippen molar-refractivity contribution in [3.8, 4) is 0 Å². The van der Waals surface area contributed by atoms with Gasteiger partial charge in [-0.2, -0.15) is 0 Å². The largest absolute Gasteiger partial charge is 0.469 e. The van der Waals surface area contributed by atoms with Crippen molar-refractivity contribution < 1.29 is 9.21 Å². The predicted octanol–water partition coefficient (Wildman–Crippen LogP) is 2.25. The number of carbonyl (C=O) groups excluding carboxylic acids is 1. The van der Waals surface area contributed by atoms with E-state index in [2.05, 4.69) is 10.6 Å². The summed E-state index contributed by atoms with van der Waals surface area (Å²) in [7, 11) is 0. The summed E-state index contributed by atoms with van der Waals surface area (Å²) >= 11 is 0. The van der Waals surface area contributed by atoms with Crippen molar-refractivity contribution in [3.63, 3.8) is 0 Å². The first-order chi connectivity index (χ1) is 9.83. The summed E-state index contributed by atoms with van der Waals surface area (Å²) in [5, 5.41) is 6.59. The van der Waals surface area contributed by atoms with Crippen LogP contribution in [0.15, 0.2) is 22.8 Å². The van der Waals surface area contributed by atoms with Crippen molar-refractivity contribution >= 4 is 5.91 Å². The lowest BCUT2D eigenvalue weighted by Gasteiger charge is -2.39. The minimum Gasteiger partial charge on any atom is -0.469 e. The van der Waals surface area contributed by atoms with Gasteiger partial charge >= 0.3 is 0 Å². The Morgan fingerprint density at radius 3 is 3.05 bits per heavy atom. The van der Waals surface area contributed by atoms with Crippen LogP contribution in [0.5, 0.6) is 0 Å². The third kappa shape index (κ3) is 3.23. The van der Waals surface area contributed by atoms with Gasteiger partial charge in [-0.1, -0.05) is 12.8 Å². The lowest BCUT2D eigenvalue weighted by Crippen LogP contribution is -2.55. The van der Waals surface area contributed by atoms with E-state index in [1.165, 1.54) is 32.1 Å². The molecule has 0 spiro atoms. The molecule has 20 heavy (non-hydrogen) atoms. The van der Waals surface area contributed by atoms with Crippen molar-refractivity contribution in [1.29, 1.82) is 0 Å². The zero-order valence-electron chi connectivity index (χ0n) is 11.9. The SMILES string of the molecule is O=C(NCCc1ccco1)C1CCC2CCCCC2N1. The van der Waals surface area contributed by atoms with Gasteiger partial charge in [0.1, 0.15) is 5.76 Å². The molecule has 4 heteroatoms. The second-order valence-corrected chi connectivity index (χ2v) is 6.07. The lowest BCUT2D eigenvalue weighted by atomic mass is 9.77. The highest BCUT2D eigenvalue weighted by molar-refractivity contribution is 5.81. The van der Waals surface area contributed by atoms with Gasteiger partial charge in [0.2, 0.25) is 5.91 Å². The van der Waals surface area contributed by atoms with Crippen LogP contribution < -0.4 is 10.6 Å². The van der Waals surface area contributed by atoms with Crippen LogP contribution in [-0.4, -0.2) is 24.5 Å². The van der Waals surface area contributed by atoms with E-state index in [-0.39, 0.29) is 11.9 Å². The van der Waals surface area contributed by atoms with E-state index in [1.807, 2.05) is 12.1 Å². The van der Waals surface area contributed by atoms with Crippen LogP contribution in [0.3, 0.4) is 0 Å². The van der Waals surface area contributed by atoms with Gasteiger partial charge in [0.05, 0.1) is 12.3 Å². The van der Waals surface area contributed by atoms with Gasteiger partial charge in [0, 0.05) is 19.0 Å². The number of fused-ring (bicyclic) bond motifs is 1. The Balaban J connectivity index is 1.43. The molecule has 1 aliphatic carbocycles. The van der Waals surface area contributed by atoms with Crippen molar-refractivity contribution in [1.82, 2.24) is 10.6 Å². The fraction of sp³-hybridized carbons (Fsp3) is 0.688. The minimum atomic E-state index is 0.00551. The van der Waals surface area contributed by atoms with Gasteiger partial charge < -0.3 is 15.1 Å². The average molecular weight is 276 g/mol. The van der Waals surface area contributed by atoms with E-state index in [0.29, 0.717) is 12.6 Å². The molecule has 1 amide bonds. The molecular weight excluding hydrogens is 252 g/mol. The summed E-state index contributed by atoms with van der Waals surface area (Å²) < 4.78 is 5.26. The molecule has 1 saturated heterocycles. The number of carbonyl (C=O) groups is 1. The van der Waals surface area contributed by atoms with Crippen molar-refractivity contribution in [2.45, 2.75) is 57.0 Å². The van der Waals surface area contributed by atoms with Crippen molar-refractivity contribution in [2.24, 2.45) is 5.92 Å². The van der Waals surface area contributed by atoms with Crippen LogP contribution in [0.25, 0.3) is 0 Å². The van der Waals surface area contributed by atoms with Crippen LogP contribution in [-0.2, 0) is 11.2 Å². The Labute approximate surface area is 120 Å². The minimum absolute atomic E-state index is 0.00551. The van der Waals surface area contributed by atoms with Gasteiger partial charge in [-0.15, -0.1) is 0 Å². The van der Waals surface area contributed by atoms with E-state index < -0.39 is 0 Å². The van der Waals surface area contributed by atoms with Crippen molar-refractivity contribution in [2.75, 3.05) is 6.54 Å². The molecule has 2 aliphatic rings. The summed E-state index contributed by atoms with van der Waals surface area (Å²) in [6.07, 6.45) is 9.86. The predicted molar refractivity (Wildman–Crippen MR) is 77.3 cm³/mol. The fourth-order valence-electron chi connectivity index (χ4n) is 3.59. The second-order valence-electron chi connectivity index (χ2n) is 6.07. The van der Waals surface area contributed by atoms with Gasteiger partial charge in [0.15, 0.2) is 0 Å². The topological polar surface area (TPSA) is 54.3 Å². The van der Waals surface area contributed by atoms with E-state index in [9.17, 15) is 4.79 Å². The molecule has 0 bridgehead atoms. The van der Waals surface area contributed by atoms with E-state index in [0.717, 1.165) is 24.5 Å².